The molecule has 2 aromatic carbocycles. The van der Waals surface area contributed by atoms with Crippen LogP contribution >= 0.6 is 11.6 Å². The van der Waals surface area contributed by atoms with E-state index in [1.807, 2.05) is 0 Å². The molecule has 0 spiro atoms. The number of hydrogen-bond donors (Lipinski definition) is 1. The molecule has 0 radical (unpaired) electrons. The molecule has 6 nitrogen and oxygen atoms in total. The Balaban J connectivity index is 1.58. The van der Waals surface area contributed by atoms with Gasteiger partial charge in [0.1, 0.15) is 5.82 Å². The van der Waals surface area contributed by atoms with Gasteiger partial charge in [0.25, 0.3) is 5.91 Å². The van der Waals surface area contributed by atoms with Gasteiger partial charge in [0.15, 0.2) is 17.6 Å². The summed E-state index contributed by atoms with van der Waals surface area (Å²) in [5.41, 5.74) is 0.502. The van der Waals surface area contributed by atoms with Gasteiger partial charge in [-0.3, -0.25) is 9.59 Å². The first-order valence-electron chi connectivity index (χ1n) is 7.77. The van der Waals surface area contributed by atoms with Crippen LogP contribution in [0.25, 0.3) is 0 Å². The number of esters is 1. The second kappa shape index (κ2) is 7.61. The van der Waals surface area contributed by atoms with Crippen LogP contribution in [0.15, 0.2) is 36.4 Å². The maximum atomic E-state index is 13.7. The molecule has 0 bridgehead atoms. The minimum absolute atomic E-state index is 0.0301. The molecule has 26 heavy (non-hydrogen) atoms. The van der Waals surface area contributed by atoms with Gasteiger partial charge in [-0.25, -0.2) is 4.39 Å². The van der Waals surface area contributed by atoms with Crippen LogP contribution in [0.5, 0.6) is 11.5 Å². The Bertz CT molecular complexity index is 837. The van der Waals surface area contributed by atoms with Crippen molar-refractivity contribution in [2.45, 2.75) is 19.4 Å². The number of amides is 1. The summed E-state index contributed by atoms with van der Waals surface area (Å²) in [6.45, 7) is 1.54. The normalized spacial score (nSPS) is 13.2. The number of carbonyl (C=O) groups is 2. The van der Waals surface area contributed by atoms with Crippen molar-refractivity contribution in [1.29, 1.82) is 0 Å². The van der Waals surface area contributed by atoms with Gasteiger partial charge in [-0.1, -0.05) is 17.7 Å². The Morgan fingerprint density at radius 1 is 1.27 bits per heavy atom. The second-order valence-corrected chi connectivity index (χ2v) is 5.97. The van der Waals surface area contributed by atoms with Gasteiger partial charge in [-0.05, 0) is 31.2 Å². The third kappa shape index (κ3) is 4.05. The quantitative estimate of drug-likeness (QED) is 0.807. The Morgan fingerprint density at radius 2 is 2.04 bits per heavy atom. The summed E-state index contributed by atoms with van der Waals surface area (Å²) in [6, 6.07) is 9.02. The van der Waals surface area contributed by atoms with Crippen molar-refractivity contribution in [3.05, 3.63) is 52.8 Å². The zero-order chi connectivity index (χ0) is 18.7. The Kier molecular flexibility index (Phi) is 5.27. The molecular formula is C18H15ClFNO5. The van der Waals surface area contributed by atoms with Crippen LogP contribution in [-0.2, 0) is 20.7 Å². The van der Waals surface area contributed by atoms with E-state index >= 15 is 0 Å². The standard InChI is InChI=1S/C18H15ClFNO5/c1-10(26-17(22)8-12-13(19)3-2-4-14(12)20)18(23)21-11-5-6-15-16(7-11)25-9-24-15/h2-7,10H,8-9H2,1H3,(H,21,23)/t10-/m0/s1. The highest BCUT2D eigenvalue weighted by atomic mass is 35.5. The summed E-state index contributed by atoms with van der Waals surface area (Å²) in [7, 11) is 0. The van der Waals surface area contributed by atoms with Crippen LogP contribution in [0.4, 0.5) is 10.1 Å². The van der Waals surface area contributed by atoms with Crippen LogP contribution in [0.3, 0.4) is 0 Å². The molecule has 0 aromatic heterocycles. The summed E-state index contributed by atoms with van der Waals surface area (Å²) in [5, 5.41) is 2.74. The number of ether oxygens (including phenoxy) is 3. The van der Waals surface area contributed by atoms with E-state index in [9.17, 15) is 14.0 Å². The van der Waals surface area contributed by atoms with E-state index in [1.165, 1.54) is 25.1 Å². The van der Waals surface area contributed by atoms with Crippen LogP contribution < -0.4 is 14.8 Å². The zero-order valence-corrected chi connectivity index (χ0v) is 14.5. The van der Waals surface area contributed by atoms with E-state index in [4.69, 9.17) is 25.8 Å². The summed E-state index contributed by atoms with van der Waals surface area (Å²) in [5.74, 6) is -0.792. The molecule has 1 aliphatic heterocycles. The number of fused-ring (bicyclic) bond motifs is 1. The summed E-state index contributed by atoms with van der Waals surface area (Å²) < 4.78 is 29.2. The van der Waals surface area contributed by atoms with Crippen molar-refractivity contribution >= 4 is 29.2 Å². The summed E-state index contributed by atoms with van der Waals surface area (Å²) in [6.07, 6.45) is -1.44. The van der Waals surface area contributed by atoms with Crippen LogP contribution in [0.2, 0.25) is 5.02 Å². The lowest BCUT2D eigenvalue weighted by atomic mass is 10.1. The molecule has 2 aromatic rings. The maximum absolute atomic E-state index is 13.7. The van der Waals surface area contributed by atoms with Crippen molar-refractivity contribution in [2.24, 2.45) is 0 Å². The molecule has 1 aliphatic rings. The maximum Gasteiger partial charge on any atom is 0.311 e. The number of carbonyl (C=O) groups excluding carboxylic acids is 2. The molecule has 0 saturated carbocycles. The van der Waals surface area contributed by atoms with E-state index in [2.05, 4.69) is 5.32 Å². The van der Waals surface area contributed by atoms with Gasteiger partial charge >= 0.3 is 5.97 Å². The average Bonchev–Trinajstić information content (AvgIpc) is 3.06. The SMILES string of the molecule is C[C@H](OC(=O)Cc1c(F)cccc1Cl)C(=O)Nc1ccc2c(c1)OCO2. The molecular weight excluding hydrogens is 365 g/mol. The minimum atomic E-state index is -1.07. The Labute approximate surface area is 153 Å². The first kappa shape index (κ1) is 18.0. The van der Waals surface area contributed by atoms with Crippen molar-refractivity contribution in [3.8, 4) is 11.5 Å². The monoisotopic (exact) mass is 379 g/mol. The smallest absolute Gasteiger partial charge is 0.311 e. The fourth-order valence-corrected chi connectivity index (χ4v) is 2.59. The van der Waals surface area contributed by atoms with Gasteiger partial charge in [-0.2, -0.15) is 0 Å². The topological polar surface area (TPSA) is 73.9 Å². The highest BCUT2D eigenvalue weighted by Crippen LogP contribution is 2.34. The number of rotatable bonds is 5. The van der Waals surface area contributed by atoms with E-state index in [1.54, 1.807) is 18.2 Å². The molecule has 1 heterocycles. The minimum Gasteiger partial charge on any atom is -0.454 e. The Hall–Kier alpha value is -2.80. The summed E-state index contributed by atoms with van der Waals surface area (Å²) in [4.78, 5) is 24.1. The highest BCUT2D eigenvalue weighted by Gasteiger charge is 2.21. The van der Waals surface area contributed by atoms with E-state index in [0.29, 0.717) is 17.2 Å². The predicted molar refractivity (Wildman–Crippen MR) is 91.9 cm³/mol. The van der Waals surface area contributed by atoms with Crippen LogP contribution in [-0.4, -0.2) is 24.8 Å². The lowest BCUT2D eigenvalue weighted by molar-refractivity contribution is -0.152. The van der Waals surface area contributed by atoms with Gasteiger partial charge in [-0.15, -0.1) is 0 Å². The third-order valence-electron chi connectivity index (χ3n) is 3.70. The van der Waals surface area contributed by atoms with Crippen molar-refractivity contribution in [1.82, 2.24) is 0 Å². The van der Waals surface area contributed by atoms with Gasteiger partial charge < -0.3 is 19.5 Å². The van der Waals surface area contributed by atoms with Gasteiger partial charge in [0.05, 0.1) is 6.42 Å². The number of halogens is 2. The van der Waals surface area contributed by atoms with Gasteiger partial charge in [0, 0.05) is 22.3 Å². The third-order valence-corrected chi connectivity index (χ3v) is 4.05. The van der Waals surface area contributed by atoms with E-state index in [-0.39, 0.29) is 23.8 Å². The molecule has 0 aliphatic carbocycles. The van der Waals surface area contributed by atoms with Crippen molar-refractivity contribution in [2.75, 3.05) is 12.1 Å². The number of benzene rings is 2. The molecule has 1 atom stereocenters. The van der Waals surface area contributed by atoms with Crippen LogP contribution in [0.1, 0.15) is 12.5 Å². The van der Waals surface area contributed by atoms with Crippen molar-refractivity contribution in [3.63, 3.8) is 0 Å². The molecule has 1 N–H and O–H groups in total. The number of anilines is 1. The molecule has 1 amide bonds. The van der Waals surface area contributed by atoms with Crippen molar-refractivity contribution < 1.29 is 28.2 Å². The highest BCUT2D eigenvalue weighted by molar-refractivity contribution is 6.31. The summed E-state index contributed by atoms with van der Waals surface area (Å²) >= 11 is 5.88. The first-order valence-corrected chi connectivity index (χ1v) is 8.14. The molecule has 0 unspecified atom stereocenters. The second-order valence-electron chi connectivity index (χ2n) is 5.57. The fraction of sp³-hybridized carbons (Fsp3) is 0.222. The van der Waals surface area contributed by atoms with E-state index in [0.717, 1.165) is 0 Å². The predicted octanol–water partition coefficient (Wildman–Crippen LogP) is 3.32. The fourth-order valence-electron chi connectivity index (χ4n) is 2.36. The molecule has 3 rings (SSSR count). The number of nitrogens with one attached hydrogen (secondary N) is 1. The molecule has 0 saturated heterocycles. The Morgan fingerprint density at radius 3 is 2.81 bits per heavy atom. The lowest BCUT2D eigenvalue weighted by Crippen LogP contribution is -2.30. The molecule has 136 valence electrons. The lowest BCUT2D eigenvalue weighted by Gasteiger charge is -2.14. The van der Waals surface area contributed by atoms with Crippen LogP contribution in [0, 0.1) is 5.82 Å². The molecule has 8 heteroatoms. The average molecular weight is 380 g/mol. The first-order chi connectivity index (χ1) is 12.4. The zero-order valence-electron chi connectivity index (χ0n) is 13.8. The van der Waals surface area contributed by atoms with E-state index < -0.39 is 23.8 Å². The largest absolute Gasteiger partial charge is 0.454 e. The van der Waals surface area contributed by atoms with Gasteiger partial charge in [0.2, 0.25) is 6.79 Å². The molecule has 0 fully saturated rings. The number of hydrogen-bond acceptors (Lipinski definition) is 5.